The summed E-state index contributed by atoms with van der Waals surface area (Å²) in [5.74, 6) is 0. The lowest BCUT2D eigenvalue weighted by molar-refractivity contribution is 0.194. The summed E-state index contributed by atoms with van der Waals surface area (Å²) < 4.78 is 0. The third kappa shape index (κ3) is 4.09. The largest absolute Gasteiger partial charge is 0.313 e. The quantitative estimate of drug-likeness (QED) is 0.909. The molecule has 1 aromatic rings. The van der Waals surface area contributed by atoms with E-state index in [1.165, 1.54) is 6.42 Å². The van der Waals surface area contributed by atoms with Gasteiger partial charge in [-0.2, -0.15) is 0 Å². The number of rotatable bonds is 3. The van der Waals surface area contributed by atoms with Crippen molar-refractivity contribution in [2.45, 2.75) is 45.3 Å². The second-order valence-electron chi connectivity index (χ2n) is 5.36. The maximum absolute atomic E-state index is 6.27. The maximum atomic E-state index is 6.27. The van der Waals surface area contributed by atoms with Gasteiger partial charge in [-0.3, -0.25) is 4.90 Å². The molecule has 2 atom stereocenters. The van der Waals surface area contributed by atoms with Crippen LogP contribution >= 0.6 is 23.2 Å². The van der Waals surface area contributed by atoms with Crippen molar-refractivity contribution in [3.8, 4) is 0 Å². The van der Waals surface area contributed by atoms with E-state index in [1.54, 1.807) is 0 Å². The molecule has 2 unspecified atom stereocenters. The maximum Gasteiger partial charge on any atom is 0.0452 e. The lowest BCUT2D eigenvalue weighted by Crippen LogP contribution is -2.39. The molecule has 0 aromatic heterocycles. The lowest BCUT2D eigenvalue weighted by atomic mass is 10.1. The highest BCUT2D eigenvalue weighted by atomic mass is 35.5. The van der Waals surface area contributed by atoms with Crippen LogP contribution in [0.3, 0.4) is 0 Å². The molecular weight excluding hydrogens is 279 g/mol. The van der Waals surface area contributed by atoms with Crippen LogP contribution in [0.1, 0.15) is 32.3 Å². The van der Waals surface area contributed by atoms with E-state index in [0.717, 1.165) is 41.7 Å². The zero-order valence-electron chi connectivity index (χ0n) is 11.6. The fraction of sp³-hybridized carbons (Fsp3) is 0.600. The summed E-state index contributed by atoms with van der Waals surface area (Å²) >= 11 is 12.3. The Kier molecular flexibility index (Phi) is 5.52. The van der Waals surface area contributed by atoms with Crippen molar-refractivity contribution in [2.24, 2.45) is 0 Å². The Morgan fingerprint density at radius 3 is 2.89 bits per heavy atom. The molecule has 1 fully saturated rings. The molecule has 1 aromatic carbocycles. The number of benzene rings is 1. The Morgan fingerprint density at radius 2 is 2.16 bits per heavy atom. The SMILES string of the molecule is CCC1CN(Cc2cc(Cl)ccc2Cl)C(C)CCN1. The number of hydrogen-bond donors (Lipinski definition) is 1. The second-order valence-corrected chi connectivity index (χ2v) is 6.21. The van der Waals surface area contributed by atoms with Crippen molar-refractivity contribution < 1.29 is 0 Å². The zero-order valence-corrected chi connectivity index (χ0v) is 13.1. The van der Waals surface area contributed by atoms with Gasteiger partial charge in [0, 0.05) is 35.2 Å². The smallest absolute Gasteiger partial charge is 0.0452 e. The molecule has 0 aliphatic carbocycles. The first-order valence-corrected chi connectivity index (χ1v) is 7.77. The number of nitrogens with zero attached hydrogens (tertiary/aromatic N) is 1. The molecule has 0 saturated carbocycles. The molecule has 106 valence electrons. The molecule has 2 nitrogen and oxygen atoms in total. The summed E-state index contributed by atoms with van der Waals surface area (Å²) in [6.45, 7) is 7.56. The van der Waals surface area contributed by atoms with Gasteiger partial charge in [-0.15, -0.1) is 0 Å². The molecule has 1 N–H and O–H groups in total. The van der Waals surface area contributed by atoms with E-state index in [4.69, 9.17) is 23.2 Å². The number of halogens is 2. The lowest BCUT2D eigenvalue weighted by Gasteiger charge is -2.29. The Balaban J connectivity index is 2.12. The topological polar surface area (TPSA) is 15.3 Å². The van der Waals surface area contributed by atoms with Crippen LogP contribution in [-0.4, -0.2) is 30.1 Å². The minimum Gasteiger partial charge on any atom is -0.313 e. The van der Waals surface area contributed by atoms with E-state index in [1.807, 2.05) is 18.2 Å². The standard InChI is InChI=1S/C15H22Cl2N2/c1-3-14-10-19(11(2)6-7-18-14)9-12-8-13(16)4-5-15(12)17/h4-5,8,11,14,18H,3,6-7,9-10H2,1-2H3. The first-order valence-electron chi connectivity index (χ1n) is 7.01. The summed E-state index contributed by atoms with van der Waals surface area (Å²) in [6, 6.07) is 6.85. The minimum absolute atomic E-state index is 0.569. The van der Waals surface area contributed by atoms with Crippen LogP contribution in [0.5, 0.6) is 0 Å². The van der Waals surface area contributed by atoms with Crippen molar-refractivity contribution in [3.63, 3.8) is 0 Å². The van der Waals surface area contributed by atoms with E-state index >= 15 is 0 Å². The molecule has 1 heterocycles. The summed E-state index contributed by atoms with van der Waals surface area (Å²) in [7, 11) is 0. The van der Waals surface area contributed by atoms with Crippen LogP contribution in [-0.2, 0) is 6.54 Å². The number of hydrogen-bond acceptors (Lipinski definition) is 2. The van der Waals surface area contributed by atoms with Gasteiger partial charge in [-0.25, -0.2) is 0 Å². The van der Waals surface area contributed by atoms with Gasteiger partial charge >= 0.3 is 0 Å². The second kappa shape index (κ2) is 6.94. The fourth-order valence-electron chi connectivity index (χ4n) is 2.58. The van der Waals surface area contributed by atoms with E-state index in [9.17, 15) is 0 Å². The van der Waals surface area contributed by atoms with Crippen LogP contribution < -0.4 is 5.32 Å². The Morgan fingerprint density at radius 1 is 1.37 bits per heavy atom. The van der Waals surface area contributed by atoms with Crippen LogP contribution in [0.4, 0.5) is 0 Å². The molecule has 0 spiro atoms. The molecular formula is C15H22Cl2N2. The van der Waals surface area contributed by atoms with Crippen molar-refractivity contribution in [1.82, 2.24) is 10.2 Å². The zero-order chi connectivity index (χ0) is 13.8. The highest BCUT2D eigenvalue weighted by molar-refractivity contribution is 6.33. The van der Waals surface area contributed by atoms with Gasteiger partial charge in [0.05, 0.1) is 0 Å². The third-order valence-corrected chi connectivity index (χ3v) is 4.55. The van der Waals surface area contributed by atoms with Crippen LogP contribution in [0, 0.1) is 0 Å². The fourth-order valence-corrected chi connectivity index (χ4v) is 2.96. The van der Waals surface area contributed by atoms with Crippen LogP contribution in [0.25, 0.3) is 0 Å². The average molecular weight is 301 g/mol. The van der Waals surface area contributed by atoms with Crippen molar-refractivity contribution in [1.29, 1.82) is 0 Å². The minimum atomic E-state index is 0.569. The predicted octanol–water partition coefficient (Wildman–Crippen LogP) is 3.96. The van der Waals surface area contributed by atoms with Crippen LogP contribution in [0.15, 0.2) is 18.2 Å². The highest BCUT2D eigenvalue weighted by Crippen LogP contribution is 2.24. The monoisotopic (exact) mass is 300 g/mol. The molecule has 1 aliphatic rings. The average Bonchev–Trinajstić information content (AvgIpc) is 2.56. The summed E-state index contributed by atoms with van der Waals surface area (Å²) in [6.07, 6.45) is 2.33. The molecule has 0 radical (unpaired) electrons. The van der Waals surface area contributed by atoms with E-state index in [-0.39, 0.29) is 0 Å². The van der Waals surface area contributed by atoms with Gasteiger partial charge < -0.3 is 5.32 Å². The van der Waals surface area contributed by atoms with E-state index in [0.29, 0.717) is 12.1 Å². The van der Waals surface area contributed by atoms with E-state index < -0.39 is 0 Å². The number of nitrogens with one attached hydrogen (secondary N) is 1. The molecule has 19 heavy (non-hydrogen) atoms. The first-order chi connectivity index (χ1) is 9.10. The molecule has 1 saturated heterocycles. The van der Waals surface area contributed by atoms with Gasteiger partial charge in [0.25, 0.3) is 0 Å². The first kappa shape index (κ1) is 15.1. The highest BCUT2D eigenvalue weighted by Gasteiger charge is 2.22. The molecule has 0 amide bonds. The van der Waals surface area contributed by atoms with Crippen molar-refractivity contribution in [2.75, 3.05) is 13.1 Å². The van der Waals surface area contributed by atoms with E-state index in [2.05, 4.69) is 24.1 Å². The Labute approximate surface area is 126 Å². The Bertz CT molecular complexity index is 423. The predicted molar refractivity (Wildman–Crippen MR) is 83.0 cm³/mol. The third-order valence-electron chi connectivity index (χ3n) is 3.95. The summed E-state index contributed by atoms with van der Waals surface area (Å²) in [4.78, 5) is 2.51. The normalized spacial score (nSPS) is 25.3. The van der Waals surface area contributed by atoms with Crippen LogP contribution in [0.2, 0.25) is 10.0 Å². The van der Waals surface area contributed by atoms with Gasteiger partial charge in [-0.1, -0.05) is 30.1 Å². The Hall–Kier alpha value is -0.280. The van der Waals surface area contributed by atoms with Crippen molar-refractivity contribution in [3.05, 3.63) is 33.8 Å². The van der Waals surface area contributed by atoms with Gasteiger partial charge in [0.2, 0.25) is 0 Å². The molecule has 2 rings (SSSR count). The molecule has 0 bridgehead atoms. The summed E-state index contributed by atoms with van der Waals surface area (Å²) in [5, 5.41) is 5.17. The van der Waals surface area contributed by atoms with Gasteiger partial charge in [0.15, 0.2) is 0 Å². The molecule has 1 aliphatic heterocycles. The summed E-state index contributed by atoms with van der Waals surface area (Å²) in [5.41, 5.74) is 1.12. The van der Waals surface area contributed by atoms with Gasteiger partial charge in [-0.05, 0) is 50.1 Å². The van der Waals surface area contributed by atoms with Crippen molar-refractivity contribution >= 4 is 23.2 Å². The molecule has 4 heteroatoms. The van der Waals surface area contributed by atoms with Gasteiger partial charge in [0.1, 0.15) is 0 Å².